The van der Waals surface area contributed by atoms with Crippen molar-refractivity contribution in [2.24, 2.45) is 5.73 Å². The minimum Gasteiger partial charge on any atom is -0.330 e. The fourth-order valence-corrected chi connectivity index (χ4v) is 2.70. The molecule has 0 spiro atoms. The molecule has 0 saturated carbocycles. The summed E-state index contributed by atoms with van der Waals surface area (Å²) in [7, 11) is 2.16. The molecule has 18 heavy (non-hydrogen) atoms. The van der Waals surface area contributed by atoms with Crippen molar-refractivity contribution in [1.82, 2.24) is 4.90 Å². The summed E-state index contributed by atoms with van der Waals surface area (Å²) in [6.07, 6.45) is 0.963. The maximum atomic E-state index is 5.55. The Hall–Kier alpha value is -1.16. The zero-order valence-corrected chi connectivity index (χ0v) is 11.6. The molecule has 0 saturated heterocycles. The van der Waals surface area contributed by atoms with Crippen molar-refractivity contribution in [2.45, 2.75) is 19.5 Å². The third-order valence-electron chi connectivity index (χ3n) is 2.94. The second kappa shape index (κ2) is 6.69. The molecule has 0 fully saturated rings. The molecular weight excluding hydrogens is 240 g/mol. The van der Waals surface area contributed by atoms with Crippen molar-refractivity contribution in [3.8, 4) is 0 Å². The predicted octanol–water partition coefficient (Wildman–Crippen LogP) is 2.88. The van der Waals surface area contributed by atoms with Gasteiger partial charge in [-0.3, -0.25) is 4.90 Å². The lowest BCUT2D eigenvalue weighted by Crippen LogP contribution is -2.16. The molecule has 96 valence electrons. The number of thiophene rings is 1. The standard InChI is InChI=1S/C15H20N2S/c1-17(11-15-7-9-18-12-15)10-14-4-2-13(3-5-14)6-8-16/h2-5,7,9,12H,6,8,10-11,16H2,1H3. The molecule has 0 atom stereocenters. The molecule has 2 N–H and O–H groups in total. The van der Waals surface area contributed by atoms with Crippen LogP contribution in [0.2, 0.25) is 0 Å². The van der Waals surface area contributed by atoms with Gasteiger partial charge < -0.3 is 5.73 Å². The highest BCUT2D eigenvalue weighted by atomic mass is 32.1. The first-order valence-corrected chi connectivity index (χ1v) is 7.19. The summed E-state index contributed by atoms with van der Waals surface area (Å²) < 4.78 is 0. The minimum atomic E-state index is 0.720. The summed E-state index contributed by atoms with van der Waals surface area (Å²) in [4.78, 5) is 2.33. The maximum absolute atomic E-state index is 5.55. The van der Waals surface area contributed by atoms with Crippen LogP contribution in [0.5, 0.6) is 0 Å². The number of hydrogen-bond donors (Lipinski definition) is 1. The van der Waals surface area contributed by atoms with Gasteiger partial charge in [-0.05, 0) is 53.5 Å². The van der Waals surface area contributed by atoms with Crippen LogP contribution < -0.4 is 5.73 Å². The summed E-state index contributed by atoms with van der Waals surface area (Å²) in [5, 5.41) is 4.34. The van der Waals surface area contributed by atoms with Crippen LogP contribution in [0.4, 0.5) is 0 Å². The van der Waals surface area contributed by atoms with Gasteiger partial charge in [-0.25, -0.2) is 0 Å². The summed E-state index contributed by atoms with van der Waals surface area (Å²) in [6.45, 7) is 2.71. The van der Waals surface area contributed by atoms with E-state index >= 15 is 0 Å². The van der Waals surface area contributed by atoms with E-state index < -0.39 is 0 Å². The summed E-state index contributed by atoms with van der Waals surface area (Å²) >= 11 is 1.76. The van der Waals surface area contributed by atoms with Crippen molar-refractivity contribution in [2.75, 3.05) is 13.6 Å². The van der Waals surface area contributed by atoms with E-state index in [-0.39, 0.29) is 0 Å². The van der Waals surface area contributed by atoms with Crippen LogP contribution in [0.3, 0.4) is 0 Å². The third-order valence-corrected chi connectivity index (χ3v) is 3.67. The highest BCUT2D eigenvalue weighted by molar-refractivity contribution is 7.07. The first-order chi connectivity index (χ1) is 8.78. The first-order valence-electron chi connectivity index (χ1n) is 6.25. The van der Waals surface area contributed by atoms with Crippen LogP contribution >= 0.6 is 11.3 Å². The van der Waals surface area contributed by atoms with Gasteiger partial charge in [0.05, 0.1) is 0 Å². The van der Waals surface area contributed by atoms with Gasteiger partial charge in [0.2, 0.25) is 0 Å². The number of rotatable bonds is 6. The fourth-order valence-electron chi connectivity index (χ4n) is 2.04. The Morgan fingerprint density at radius 1 is 1.00 bits per heavy atom. The molecule has 0 bridgehead atoms. The number of nitrogens with zero attached hydrogens (tertiary/aromatic N) is 1. The van der Waals surface area contributed by atoms with E-state index in [1.807, 2.05) is 0 Å². The van der Waals surface area contributed by atoms with Crippen molar-refractivity contribution in [3.05, 3.63) is 57.8 Å². The molecule has 1 aromatic heterocycles. The normalized spacial score (nSPS) is 11.1. The second-order valence-corrected chi connectivity index (χ2v) is 5.44. The Labute approximate surface area is 113 Å². The Kier molecular flexibility index (Phi) is 4.93. The Morgan fingerprint density at radius 2 is 1.67 bits per heavy atom. The molecule has 0 radical (unpaired) electrons. The fraction of sp³-hybridized carbons (Fsp3) is 0.333. The Morgan fingerprint density at radius 3 is 2.28 bits per heavy atom. The average molecular weight is 260 g/mol. The van der Waals surface area contributed by atoms with Gasteiger partial charge in [-0.2, -0.15) is 11.3 Å². The largest absolute Gasteiger partial charge is 0.330 e. The first kappa shape index (κ1) is 13.3. The lowest BCUT2D eigenvalue weighted by atomic mass is 10.1. The topological polar surface area (TPSA) is 29.3 Å². The SMILES string of the molecule is CN(Cc1ccc(CCN)cc1)Cc1ccsc1. The van der Waals surface area contributed by atoms with Gasteiger partial charge in [-0.1, -0.05) is 24.3 Å². The van der Waals surface area contributed by atoms with E-state index in [9.17, 15) is 0 Å². The molecule has 2 rings (SSSR count). The predicted molar refractivity (Wildman–Crippen MR) is 78.7 cm³/mol. The molecule has 3 heteroatoms. The van der Waals surface area contributed by atoms with E-state index in [0.717, 1.165) is 26.1 Å². The van der Waals surface area contributed by atoms with Crippen LogP contribution in [0.1, 0.15) is 16.7 Å². The highest BCUT2D eigenvalue weighted by Gasteiger charge is 2.02. The highest BCUT2D eigenvalue weighted by Crippen LogP contribution is 2.12. The van der Waals surface area contributed by atoms with Crippen molar-refractivity contribution < 1.29 is 0 Å². The van der Waals surface area contributed by atoms with E-state index in [1.165, 1.54) is 16.7 Å². The molecule has 0 aliphatic carbocycles. The quantitative estimate of drug-likeness (QED) is 0.865. The zero-order chi connectivity index (χ0) is 12.8. The van der Waals surface area contributed by atoms with Gasteiger partial charge in [-0.15, -0.1) is 0 Å². The van der Waals surface area contributed by atoms with E-state index in [4.69, 9.17) is 5.73 Å². The molecule has 0 aliphatic rings. The summed E-state index contributed by atoms with van der Waals surface area (Å²) in [5.74, 6) is 0. The van der Waals surface area contributed by atoms with Crippen molar-refractivity contribution in [1.29, 1.82) is 0 Å². The molecule has 0 amide bonds. The molecule has 0 unspecified atom stereocenters. The monoisotopic (exact) mass is 260 g/mol. The van der Waals surface area contributed by atoms with Gasteiger partial charge >= 0.3 is 0 Å². The zero-order valence-electron chi connectivity index (χ0n) is 10.8. The smallest absolute Gasteiger partial charge is 0.0242 e. The third kappa shape index (κ3) is 3.95. The van der Waals surface area contributed by atoms with E-state index in [2.05, 4.69) is 53.0 Å². The molecular formula is C15H20N2S. The van der Waals surface area contributed by atoms with Crippen molar-refractivity contribution in [3.63, 3.8) is 0 Å². The van der Waals surface area contributed by atoms with Gasteiger partial charge in [0.15, 0.2) is 0 Å². The van der Waals surface area contributed by atoms with Crippen LogP contribution in [0.15, 0.2) is 41.1 Å². The van der Waals surface area contributed by atoms with Gasteiger partial charge in [0, 0.05) is 13.1 Å². The lowest BCUT2D eigenvalue weighted by molar-refractivity contribution is 0.319. The average Bonchev–Trinajstić information content (AvgIpc) is 2.84. The van der Waals surface area contributed by atoms with Crippen LogP contribution in [0, 0.1) is 0 Å². The van der Waals surface area contributed by atoms with Crippen LogP contribution in [0.25, 0.3) is 0 Å². The Balaban J connectivity index is 1.88. The molecule has 2 aromatic rings. The molecule has 2 nitrogen and oxygen atoms in total. The van der Waals surface area contributed by atoms with Crippen LogP contribution in [-0.2, 0) is 19.5 Å². The van der Waals surface area contributed by atoms with Crippen LogP contribution in [-0.4, -0.2) is 18.5 Å². The second-order valence-electron chi connectivity index (χ2n) is 4.66. The summed E-state index contributed by atoms with van der Waals surface area (Å²) in [6, 6.07) is 11.0. The molecule has 1 aromatic carbocycles. The van der Waals surface area contributed by atoms with E-state index in [0.29, 0.717) is 0 Å². The van der Waals surface area contributed by atoms with Crippen molar-refractivity contribution >= 4 is 11.3 Å². The number of nitrogens with two attached hydrogens (primary N) is 1. The number of hydrogen-bond acceptors (Lipinski definition) is 3. The number of benzene rings is 1. The van der Waals surface area contributed by atoms with Gasteiger partial charge in [0.25, 0.3) is 0 Å². The Bertz CT molecular complexity index is 448. The minimum absolute atomic E-state index is 0.720. The van der Waals surface area contributed by atoms with Gasteiger partial charge in [0.1, 0.15) is 0 Å². The molecule has 1 heterocycles. The summed E-state index contributed by atoms with van der Waals surface area (Å²) in [5.41, 5.74) is 9.61. The maximum Gasteiger partial charge on any atom is 0.0242 e. The molecule has 0 aliphatic heterocycles. The lowest BCUT2D eigenvalue weighted by Gasteiger charge is -2.16. The van der Waals surface area contributed by atoms with E-state index in [1.54, 1.807) is 11.3 Å².